The zero-order chi connectivity index (χ0) is 7.23. The smallest absolute Gasteiger partial charge is 0.218 e. The Kier molecular flexibility index (Phi) is 2.49. The van der Waals surface area contributed by atoms with E-state index in [-0.39, 0.29) is 0 Å². The molecule has 0 aliphatic rings. The summed E-state index contributed by atoms with van der Waals surface area (Å²) >= 11 is 0. The van der Waals surface area contributed by atoms with Crippen LogP contribution >= 0.6 is 0 Å². The molecule has 0 aliphatic heterocycles. The second-order valence-electron chi connectivity index (χ2n) is 1.66. The number of oxazole rings is 1. The average molecular weight is 134 g/mol. The summed E-state index contributed by atoms with van der Waals surface area (Å²) in [4.78, 5) is 3.88. The number of allylic oxidation sites excluding steroid dienone is 3. The number of hydrogen-bond donors (Lipinski definition) is 0. The molecule has 0 N–H and O–H groups in total. The second-order valence-corrected chi connectivity index (χ2v) is 1.66. The van der Waals surface area contributed by atoms with Gasteiger partial charge in [0.05, 0.1) is 6.20 Å². The van der Waals surface area contributed by atoms with Crippen molar-refractivity contribution < 1.29 is 4.42 Å². The van der Waals surface area contributed by atoms with Gasteiger partial charge in [-0.1, -0.05) is 18.2 Å². The highest BCUT2D eigenvalue weighted by Crippen LogP contribution is 1.96. The van der Waals surface area contributed by atoms with E-state index >= 15 is 0 Å². The molecule has 0 fully saturated rings. The second kappa shape index (κ2) is 3.67. The van der Waals surface area contributed by atoms with E-state index in [4.69, 9.17) is 4.42 Å². The maximum absolute atomic E-state index is 4.93. The number of hydrogen-bond acceptors (Lipinski definition) is 2. The maximum atomic E-state index is 4.93. The van der Waals surface area contributed by atoms with Crippen molar-refractivity contribution in [2.24, 2.45) is 0 Å². The molecule has 0 bridgehead atoms. The number of aromatic nitrogens is 1. The minimum absolute atomic E-state index is 0.609. The third-order valence-electron chi connectivity index (χ3n) is 0.937. The van der Waals surface area contributed by atoms with Gasteiger partial charge in [-0.05, 0) is 6.92 Å². The lowest BCUT2D eigenvalue weighted by Gasteiger charge is -1.76. The Morgan fingerprint density at radius 3 is 3.00 bits per heavy atom. The van der Waals surface area contributed by atoms with Gasteiger partial charge in [-0.15, -0.1) is 0 Å². The summed E-state index contributed by atoms with van der Waals surface area (Å²) in [7, 11) is 0. The highest BCUT2D eigenvalue weighted by Gasteiger charge is 1.84. The van der Waals surface area contributed by atoms with E-state index in [0.29, 0.717) is 5.89 Å². The first kappa shape index (κ1) is 6.81. The number of rotatable bonds is 2. The third kappa shape index (κ3) is 1.90. The Hall–Kier alpha value is -1.31. The van der Waals surface area contributed by atoms with E-state index < -0.39 is 0 Å². The summed E-state index contributed by atoms with van der Waals surface area (Å²) in [5, 5.41) is 0. The quantitative estimate of drug-likeness (QED) is 0.579. The largest absolute Gasteiger partial charge is 0.445 e. The first-order chi connectivity index (χ1) is 4.93. The Labute approximate surface area is 59.9 Å². The SMILES string of the molecule is [CH2]C=CC=Cc1ncco1. The molecule has 0 saturated heterocycles. The van der Waals surface area contributed by atoms with Crippen molar-refractivity contribution in [2.45, 2.75) is 0 Å². The minimum Gasteiger partial charge on any atom is -0.445 e. The van der Waals surface area contributed by atoms with Gasteiger partial charge in [0.25, 0.3) is 0 Å². The van der Waals surface area contributed by atoms with Crippen LogP contribution in [0.3, 0.4) is 0 Å². The van der Waals surface area contributed by atoms with Gasteiger partial charge in [-0.3, -0.25) is 0 Å². The molecule has 0 unspecified atom stereocenters. The topological polar surface area (TPSA) is 26.0 Å². The number of nitrogens with zero attached hydrogens (tertiary/aromatic N) is 1. The predicted molar refractivity (Wildman–Crippen MR) is 40.0 cm³/mol. The van der Waals surface area contributed by atoms with Crippen molar-refractivity contribution >= 4 is 6.08 Å². The lowest BCUT2D eigenvalue weighted by molar-refractivity contribution is 0.546. The van der Waals surface area contributed by atoms with Crippen LogP contribution in [0.4, 0.5) is 0 Å². The summed E-state index contributed by atoms with van der Waals surface area (Å²) < 4.78 is 4.93. The fourth-order valence-electron chi connectivity index (χ4n) is 0.533. The van der Waals surface area contributed by atoms with Gasteiger partial charge in [0.15, 0.2) is 0 Å². The van der Waals surface area contributed by atoms with E-state index in [1.807, 2.05) is 12.2 Å². The first-order valence-corrected chi connectivity index (χ1v) is 2.95. The summed E-state index contributed by atoms with van der Waals surface area (Å²) in [6.45, 7) is 3.52. The van der Waals surface area contributed by atoms with Gasteiger partial charge in [0.1, 0.15) is 6.26 Å². The summed E-state index contributed by atoms with van der Waals surface area (Å²) in [5.41, 5.74) is 0. The van der Waals surface area contributed by atoms with Crippen LogP contribution in [0.25, 0.3) is 6.08 Å². The van der Waals surface area contributed by atoms with Gasteiger partial charge < -0.3 is 4.42 Å². The Bertz CT molecular complexity index is 221. The lowest BCUT2D eigenvalue weighted by atomic mass is 10.4. The Morgan fingerprint density at radius 2 is 2.40 bits per heavy atom. The molecule has 0 aromatic carbocycles. The van der Waals surface area contributed by atoms with Gasteiger partial charge in [-0.25, -0.2) is 4.98 Å². The fourth-order valence-corrected chi connectivity index (χ4v) is 0.533. The highest BCUT2D eigenvalue weighted by atomic mass is 16.3. The van der Waals surface area contributed by atoms with Crippen LogP contribution in [0.15, 0.2) is 35.1 Å². The molecule has 0 saturated carbocycles. The van der Waals surface area contributed by atoms with Gasteiger partial charge in [0.2, 0.25) is 5.89 Å². The standard InChI is InChI=1S/C8H8NO/c1-2-3-4-5-8-9-6-7-10-8/h2-7H,1H2. The normalized spacial score (nSPS) is 11.7. The molecule has 1 heterocycles. The molecule has 10 heavy (non-hydrogen) atoms. The Balaban J connectivity index is 2.55. The first-order valence-electron chi connectivity index (χ1n) is 2.95. The fraction of sp³-hybridized carbons (Fsp3) is 0. The zero-order valence-corrected chi connectivity index (χ0v) is 5.53. The molecule has 1 rings (SSSR count). The van der Waals surface area contributed by atoms with Crippen LogP contribution in [0.2, 0.25) is 0 Å². The van der Waals surface area contributed by atoms with Crippen molar-refractivity contribution in [1.82, 2.24) is 4.98 Å². The maximum Gasteiger partial charge on any atom is 0.218 e. The lowest BCUT2D eigenvalue weighted by Crippen LogP contribution is -1.64. The van der Waals surface area contributed by atoms with Crippen LogP contribution in [0, 0.1) is 6.92 Å². The average Bonchev–Trinajstić information content (AvgIpc) is 2.41. The van der Waals surface area contributed by atoms with Gasteiger partial charge in [0, 0.05) is 6.08 Å². The molecule has 0 atom stereocenters. The van der Waals surface area contributed by atoms with Gasteiger partial charge in [-0.2, -0.15) is 0 Å². The van der Waals surface area contributed by atoms with Crippen molar-refractivity contribution in [3.63, 3.8) is 0 Å². The van der Waals surface area contributed by atoms with Crippen molar-refractivity contribution in [3.8, 4) is 0 Å². The van der Waals surface area contributed by atoms with Crippen LogP contribution in [0.5, 0.6) is 0 Å². The summed E-state index contributed by atoms with van der Waals surface area (Å²) in [5.74, 6) is 0.609. The molecule has 1 aromatic heterocycles. The molecule has 51 valence electrons. The molecule has 0 aliphatic carbocycles. The molecule has 0 spiro atoms. The molecule has 2 nitrogen and oxygen atoms in total. The van der Waals surface area contributed by atoms with Crippen LogP contribution in [-0.4, -0.2) is 4.98 Å². The van der Waals surface area contributed by atoms with Gasteiger partial charge >= 0.3 is 0 Å². The van der Waals surface area contributed by atoms with E-state index in [1.54, 1.807) is 18.3 Å². The summed E-state index contributed by atoms with van der Waals surface area (Å²) in [6, 6.07) is 0. The van der Waals surface area contributed by atoms with E-state index in [2.05, 4.69) is 11.9 Å². The molecular weight excluding hydrogens is 126 g/mol. The third-order valence-corrected chi connectivity index (χ3v) is 0.937. The molecular formula is C8H8NO. The monoisotopic (exact) mass is 134 g/mol. The van der Waals surface area contributed by atoms with Crippen LogP contribution in [-0.2, 0) is 0 Å². The van der Waals surface area contributed by atoms with Crippen molar-refractivity contribution in [3.05, 3.63) is 43.5 Å². The minimum atomic E-state index is 0.609. The van der Waals surface area contributed by atoms with E-state index in [0.717, 1.165) is 0 Å². The van der Waals surface area contributed by atoms with Crippen LogP contribution < -0.4 is 0 Å². The predicted octanol–water partition coefficient (Wildman–Crippen LogP) is 2.08. The highest BCUT2D eigenvalue weighted by molar-refractivity contribution is 5.40. The van der Waals surface area contributed by atoms with Crippen LogP contribution in [0.1, 0.15) is 5.89 Å². The van der Waals surface area contributed by atoms with Crippen molar-refractivity contribution in [2.75, 3.05) is 0 Å². The molecule has 2 heteroatoms. The molecule has 0 amide bonds. The zero-order valence-electron chi connectivity index (χ0n) is 5.53. The molecule has 1 radical (unpaired) electrons. The summed E-state index contributed by atoms with van der Waals surface area (Å²) in [6.07, 6.45) is 10.2. The van der Waals surface area contributed by atoms with E-state index in [9.17, 15) is 0 Å². The van der Waals surface area contributed by atoms with E-state index in [1.165, 1.54) is 6.26 Å². The van der Waals surface area contributed by atoms with Crippen molar-refractivity contribution in [1.29, 1.82) is 0 Å². The molecule has 1 aromatic rings. The Morgan fingerprint density at radius 1 is 1.50 bits per heavy atom.